The molecule has 0 saturated heterocycles. The minimum atomic E-state index is -3.11. The smallest absolute Gasteiger partial charge is 0.224 e. The summed E-state index contributed by atoms with van der Waals surface area (Å²) in [5.41, 5.74) is 1.05. The summed E-state index contributed by atoms with van der Waals surface area (Å²) in [6.45, 7) is 1.64. The summed E-state index contributed by atoms with van der Waals surface area (Å²) in [7, 11) is -3.11. The van der Waals surface area contributed by atoms with E-state index in [4.69, 9.17) is 9.59 Å². The van der Waals surface area contributed by atoms with E-state index in [1.165, 1.54) is 0 Å². The van der Waals surface area contributed by atoms with Crippen LogP contribution in [0.2, 0.25) is 0 Å². The predicted molar refractivity (Wildman–Crippen MR) is 75.1 cm³/mol. The molecule has 0 aliphatic rings. The van der Waals surface area contributed by atoms with Gasteiger partial charge in [-0.1, -0.05) is 30.8 Å². The Morgan fingerprint density at radius 1 is 1.24 bits per heavy atom. The van der Waals surface area contributed by atoms with Gasteiger partial charge in [0.25, 0.3) is 0 Å². The Morgan fingerprint density at radius 2 is 1.86 bits per heavy atom. The molecule has 9 heteroatoms. The summed E-state index contributed by atoms with van der Waals surface area (Å²) >= 11 is 1.54. The van der Waals surface area contributed by atoms with Gasteiger partial charge in [0, 0.05) is 5.75 Å². The molecule has 112 valence electrons. The second kappa shape index (κ2) is 8.35. The lowest BCUT2D eigenvalue weighted by molar-refractivity contribution is -0.191. The Kier molecular flexibility index (Phi) is 6.80. The molecule has 0 radical (unpaired) electrons. The van der Waals surface area contributed by atoms with Crippen molar-refractivity contribution in [1.29, 1.82) is 0 Å². The molecule has 1 heterocycles. The van der Waals surface area contributed by atoms with E-state index in [0.717, 1.165) is 16.3 Å². The first-order valence-corrected chi connectivity index (χ1v) is 8.46. The van der Waals surface area contributed by atoms with Gasteiger partial charge in [-0.05, 0) is 17.7 Å². The first-order valence-electron chi connectivity index (χ1n) is 5.83. The molecule has 0 aliphatic carbocycles. The Bertz CT molecular complexity index is 676. The van der Waals surface area contributed by atoms with Crippen LogP contribution in [-0.4, -0.2) is 35.7 Å². The van der Waals surface area contributed by atoms with Gasteiger partial charge in [0.1, 0.15) is 5.03 Å². The maximum atomic E-state index is 11.6. The second-order valence-electron chi connectivity index (χ2n) is 3.73. The third-order valence-electron chi connectivity index (χ3n) is 2.44. The molecule has 0 spiro atoms. The Balaban J connectivity index is 0.000000677. The number of sulfone groups is 1. The molecule has 0 aliphatic heterocycles. The predicted octanol–water partition coefficient (Wildman–Crippen LogP) is 1.31. The van der Waals surface area contributed by atoms with Crippen LogP contribution < -0.4 is 0 Å². The van der Waals surface area contributed by atoms with Crippen molar-refractivity contribution in [3.8, 4) is 0 Å². The number of hydrogen-bond donors (Lipinski definition) is 1. The molecule has 1 aromatic heterocycles. The van der Waals surface area contributed by atoms with Crippen LogP contribution in [0.25, 0.3) is 0 Å². The minimum Gasteiger partial charge on any atom is -0.224 e. The molecule has 7 nitrogen and oxygen atoms in total. The second-order valence-corrected chi connectivity index (χ2v) is 7.00. The van der Waals surface area contributed by atoms with E-state index in [9.17, 15) is 8.42 Å². The van der Waals surface area contributed by atoms with Crippen molar-refractivity contribution in [3.05, 3.63) is 36.0 Å². The third kappa shape index (κ3) is 5.50. The van der Waals surface area contributed by atoms with Crippen LogP contribution in [0.15, 0.2) is 40.4 Å². The number of thioether (sulfide) groups is 1. The number of hydrogen-bond acceptors (Lipinski definition) is 7. The largest absolute Gasteiger partial charge is 0.373 e. The molecular weight excluding hydrogens is 314 g/mol. The lowest BCUT2D eigenvalue weighted by Gasteiger charge is -2.03. The summed E-state index contributed by atoms with van der Waals surface area (Å²) in [4.78, 5) is 16.6. The van der Waals surface area contributed by atoms with Gasteiger partial charge in [0.15, 0.2) is 9.84 Å². The van der Waals surface area contributed by atoms with E-state index in [1.807, 2.05) is 12.1 Å². The van der Waals surface area contributed by atoms with Crippen LogP contribution in [0, 0.1) is 0 Å². The molecule has 2 rings (SSSR count). The first kappa shape index (κ1) is 17.1. The zero-order chi connectivity index (χ0) is 15.7. The molecule has 0 saturated carbocycles. The van der Waals surface area contributed by atoms with Crippen molar-refractivity contribution in [3.63, 3.8) is 0 Å². The normalized spacial score (nSPS) is 10.3. The molecule has 0 bridgehead atoms. The van der Waals surface area contributed by atoms with E-state index in [1.54, 1.807) is 37.0 Å². The van der Waals surface area contributed by atoms with Gasteiger partial charge in [-0.2, -0.15) is 19.9 Å². The minimum absolute atomic E-state index is 0.125. The average molecular weight is 327 g/mol. The first-order chi connectivity index (χ1) is 10.0. The molecule has 0 amide bonds. The van der Waals surface area contributed by atoms with Crippen molar-refractivity contribution >= 4 is 27.8 Å². The van der Waals surface area contributed by atoms with E-state index >= 15 is 0 Å². The highest BCUT2D eigenvalue weighted by Gasteiger charge is 2.10. The van der Waals surface area contributed by atoms with Gasteiger partial charge in [0.05, 0.1) is 16.8 Å². The fraction of sp³-hybridized carbons (Fsp3) is 0.250. The van der Waals surface area contributed by atoms with Crippen LogP contribution in [0.1, 0.15) is 12.5 Å². The quantitative estimate of drug-likeness (QED) is 0.824. The van der Waals surface area contributed by atoms with Gasteiger partial charge in [-0.15, -0.1) is 5.10 Å². The summed E-state index contributed by atoms with van der Waals surface area (Å²) in [6, 6.07) is 6.96. The van der Waals surface area contributed by atoms with Crippen molar-refractivity contribution in [1.82, 2.24) is 15.4 Å². The van der Waals surface area contributed by atoms with Crippen LogP contribution in [0.4, 0.5) is 0 Å². The van der Waals surface area contributed by atoms with Gasteiger partial charge in [-0.25, -0.2) is 8.42 Å². The molecule has 0 atom stereocenters. The SMILES string of the molecule is CCS(=O)(=O)c1ccc(CSc2cn[nH]n2)cc1.O=C=O. The van der Waals surface area contributed by atoms with Crippen LogP contribution in [0.5, 0.6) is 0 Å². The zero-order valence-corrected chi connectivity index (χ0v) is 12.8. The van der Waals surface area contributed by atoms with Crippen molar-refractivity contribution in [2.24, 2.45) is 0 Å². The number of rotatable bonds is 5. The summed E-state index contributed by atoms with van der Waals surface area (Å²) in [6.07, 6.45) is 1.90. The number of benzene rings is 1. The lowest BCUT2D eigenvalue weighted by atomic mass is 10.2. The average Bonchev–Trinajstić information content (AvgIpc) is 3.00. The van der Waals surface area contributed by atoms with Crippen molar-refractivity contribution in [2.75, 3.05) is 5.75 Å². The summed E-state index contributed by atoms with van der Waals surface area (Å²) in [5, 5.41) is 11.0. The van der Waals surface area contributed by atoms with Gasteiger partial charge in [0.2, 0.25) is 0 Å². The fourth-order valence-electron chi connectivity index (χ4n) is 1.38. The van der Waals surface area contributed by atoms with Gasteiger partial charge in [-0.3, -0.25) is 0 Å². The third-order valence-corrected chi connectivity index (χ3v) is 5.16. The monoisotopic (exact) mass is 327 g/mol. The highest BCUT2D eigenvalue weighted by Crippen LogP contribution is 2.20. The molecule has 0 fully saturated rings. The maximum Gasteiger partial charge on any atom is 0.373 e. The number of nitrogens with zero attached hydrogens (tertiary/aromatic N) is 2. The number of aromatic amines is 1. The number of H-pyrrole nitrogens is 1. The summed E-state index contributed by atoms with van der Waals surface area (Å²) < 4.78 is 23.3. The zero-order valence-electron chi connectivity index (χ0n) is 11.1. The highest BCUT2D eigenvalue weighted by atomic mass is 32.2. The highest BCUT2D eigenvalue weighted by molar-refractivity contribution is 7.98. The number of carbonyl (C=O) groups excluding carboxylic acids is 2. The van der Waals surface area contributed by atoms with Crippen LogP contribution in [0.3, 0.4) is 0 Å². The number of nitrogens with one attached hydrogen (secondary N) is 1. The van der Waals surface area contributed by atoms with Crippen LogP contribution in [-0.2, 0) is 25.2 Å². The molecule has 21 heavy (non-hydrogen) atoms. The van der Waals surface area contributed by atoms with E-state index < -0.39 is 9.84 Å². The molecule has 1 N–H and O–H groups in total. The number of aromatic nitrogens is 3. The van der Waals surface area contributed by atoms with E-state index in [-0.39, 0.29) is 11.9 Å². The summed E-state index contributed by atoms with van der Waals surface area (Å²) in [5.74, 6) is 0.860. The van der Waals surface area contributed by atoms with Crippen molar-refractivity contribution < 1.29 is 18.0 Å². The molecule has 2 aromatic rings. The molecule has 1 aromatic carbocycles. The topological polar surface area (TPSA) is 110 Å². The van der Waals surface area contributed by atoms with Crippen LogP contribution >= 0.6 is 11.8 Å². The Hall–Kier alpha value is -1.96. The van der Waals surface area contributed by atoms with Gasteiger partial charge >= 0.3 is 6.15 Å². The lowest BCUT2D eigenvalue weighted by Crippen LogP contribution is -2.03. The Labute approximate surface area is 126 Å². The standard InChI is InChI=1S/C11H13N3O2S2.CO2/c1-2-18(15,16)10-5-3-9(4-6-10)8-17-11-7-12-14-13-11;2-1-3/h3-7H,2,8H2,1H3,(H,12,13,14);. The van der Waals surface area contributed by atoms with E-state index in [2.05, 4.69) is 15.4 Å². The van der Waals surface area contributed by atoms with Crippen molar-refractivity contribution in [2.45, 2.75) is 22.6 Å². The molecule has 0 unspecified atom stereocenters. The Morgan fingerprint density at radius 3 is 2.33 bits per heavy atom. The van der Waals surface area contributed by atoms with Gasteiger partial charge < -0.3 is 0 Å². The fourth-order valence-corrected chi connectivity index (χ4v) is 3.00. The maximum absolute atomic E-state index is 11.6. The molecular formula is C12H13N3O4S2. The van der Waals surface area contributed by atoms with E-state index in [0.29, 0.717) is 4.90 Å².